The molecule has 2 heterocycles. The second-order valence-electron chi connectivity index (χ2n) is 14.6. The molecule has 4 atom stereocenters. The molecule has 7 rings (SSSR count). The highest BCUT2D eigenvalue weighted by molar-refractivity contribution is 8.00. The molecule has 3 N–H and O–H groups in total. The maximum Gasteiger partial charge on any atom is 0.315 e. The Morgan fingerprint density at radius 2 is 1.14 bits per heavy atom. The second-order valence-corrected chi connectivity index (χ2v) is 20.6. The normalized spacial score (nSPS) is 17.8. The monoisotopic (exact) mass is 814 g/mol. The summed E-state index contributed by atoms with van der Waals surface area (Å²) in [5.41, 5.74) is 1.02. The van der Waals surface area contributed by atoms with E-state index in [-0.39, 0.29) is 29.9 Å². The Bertz CT molecular complexity index is 1850. The van der Waals surface area contributed by atoms with Crippen LogP contribution in [0.1, 0.15) is 31.2 Å². The van der Waals surface area contributed by atoms with E-state index in [1.54, 1.807) is 0 Å². The van der Waals surface area contributed by atoms with E-state index >= 15 is 4.79 Å². The number of rotatable bonds is 19. The van der Waals surface area contributed by atoms with Gasteiger partial charge >= 0.3 is 6.03 Å². The Morgan fingerprint density at radius 3 is 1.63 bits per heavy atom. The van der Waals surface area contributed by atoms with Crippen molar-refractivity contribution >= 4 is 66.7 Å². The van der Waals surface area contributed by atoms with Gasteiger partial charge in [0.1, 0.15) is 6.04 Å². The van der Waals surface area contributed by atoms with Crippen LogP contribution in [0.4, 0.5) is 4.79 Å². The van der Waals surface area contributed by atoms with E-state index in [1.165, 1.54) is 21.2 Å². The van der Waals surface area contributed by atoms with Crippen LogP contribution < -0.4 is 37.2 Å². The minimum atomic E-state index is -0.731. The number of amides is 4. The molecule has 0 bridgehead atoms. The zero-order valence-electron chi connectivity index (χ0n) is 32.3. The number of nitrogens with one attached hydrogen (secondary N) is 3. The number of unbranched alkanes of at least 4 members (excludes halogenated alkanes) is 1. The third kappa shape index (κ3) is 11.3. The van der Waals surface area contributed by atoms with Crippen LogP contribution >= 0.6 is 27.6 Å². The summed E-state index contributed by atoms with van der Waals surface area (Å²) >= 11 is 1.90. The average molecular weight is 815 g/mol. The molecule has 4 amide bonds. The molecule has 0 aromatic heterocycles. The Kier molecular flexibility index (Phi) is 14.9. The predicted molar refractivity (Wildman–Crippen MR) is 240 cm³/mol. The molecule has 0 saturated carbocycles. The fourth-order valence-electron chi connectivity index (χ4n) is 7.83. The number of carbonyl (C=O) groups is 3. The van der Waals surface area contributed by atoms with Gasteiger partial charge in [0.25, 0.3) is 0 Å². The predicted octanol–water partition coefficient (Wildman–Crippen LogP) is 6.53. The zero-order chi connectivity index (χ0) is 39.2. The van der Waals surface area contributed by atoms with E-state index in [0.29, 0.717) is 31.2 Å². The summed E-state index contributed by atoms with van der Waals surface area (Å²) in [6, 6.07) is 52.3. The smallest absolute Gasteiger partial charge is 0.315 e. The first-order chi connectivity index (χ1) is 28.0. The van der Waals surface area contributed by atoms with Crippen LogP contribution in [-0.2, 0) is 16.0 Å². The number of hydrogen-bond acceptors (Lipinski definition) is 4. The highest BCUT2D eigenvalue weighted by Crippen LogP contribution is 2.36. The van der Waals surface area contributed by atoms with Gasteiger partial charge in [-0.15, -0.1) is 0 Å². The summed E-state index contributed by atoms with van der Waals surface area (Å²) in [4.78, 5) is 42.7. The number of benzene rings is 5. The SMILES string of the molecule is O=C(CCCC[C@@H]1SC[C@@H]2NC(=O)N[C@@H]21)N[C@H](Cc1ccccc1)C(=O)N(CCP(c1ccccc1)c1ccccc1)CCP(c1ccccc1)c1ccccc1. The molecule has 2 aliphatic heterocycles. The number of thioether (sulfide) groups is 1. The van der Waals surface area contributed by atoms with Crippen LogP contribution in [0, 0.1) is 0 Å². The molecule has 0 unspecified atom stereocenters. The Balaban J connectivity index is 1.10. The summed E-state index contributed by atoms with van der Waals surface area (Å²) in [6.07, 6.45) is 4.97. The minimum Gasteiger partial charge on any atom is -0.344 e. The van der Waals surface area contributed by atoms with Crippen LogP contribution in [-0.4, -0.2) is 77.3 Å². The molecule has 2 saturated heterocycles. The van der Waals surface area contributed by atoms with Crippen molar-refractivity contribution in [3.63, 3.8) is 0 Å². The van der Waals surface area contributed by atoms with E-state index in [1.807, 2.05) is 47.0 Å². The van der Waals surface area contributed by atoms with Gasteiger partial charge in [0, 0.05) is 36.9 Å². The standard InChI is InChI=1S/C47H52N4O3P2S/c52-44(29-17-16-28-43-45-42(35-57-43)49-47(54)50-45)48-41(34-36-18-6-1-7-19-36)46(53)51(30-32-55(37-20-8-2-9-21-37)38-22-10-3-11-23-38)31-33-56(39-24-12-4-13-25-39)40-26-14-5-15-27-40/h1-15,18-27,41-43,45H,16-17,28-35H2,(H,48,52)(H2,49,50,54)/t41-,42+,43+,45+/m1/s1. The van der Waals surface area contributed by atoms with Crippen LogP contribution in [0.25, 0.3) is 0 Å². The van der Waals surface area contributed by atoms with Crippen molar-refractivity contribution in [1.29, 1.82) is 0 Å². The average Bonchev–Trinajstić information content (AvgIpc) is 3.82. The fourth-order valence-corrected chi connectivity index (χ4v) is 14.0. The molecule has 5 aromatic rings. The van der Waals surface area contributed by atoms with Crippen molar-refractivity contribution in [1.82, 2.24) is 20.9 Å². The first-order valence-electron chi connectivity index (χ1n) is 20.1. The lowest BCUT2D eigenvalue weighted by Gasteiger charge is -2.31. The van der Waals surface area contributed by atoms with Crippen LogP contribution in [0.15, 0.2) is 152 Å². The molecule has 2 aliphatic rings. The highest BCUT2D eigenvalue weighted by Gasteiger charge is 2.42. The van der Waals surface area contributed by atoms with E-state index in [2.05, 4.69) is 137 Å². The maximum absolute atomic E-state index is 15.1. The Morgan fingerprint density at radius 1 is 0.667 bits per heavy atom. The highest BCUT2D eigenvalue weighted by atomic mass is 32.2. The minimum absolute atomic E-state index is 0.0303. The number of carbonyl (C=O) groups excluding carboxylic acids is 3. The maximum atomic E-state index is 15.1. The van der Waals surface area contributed by atoms with Gasteiger partial charge in [0.05, 0.1) is 12.1 Å². The molecule has 0 radical (unpaired) electrons. The lowest BCUT2D eigenvalue weighted by Crippen LogP contribution is -2.51. The van der Waals surface area contributed by atoms with Gasteiger partial charge in [-0.1, -0.05) is 158 Å². The summed E-state index contributed by atoms with van der Waals surface area (Å²) < 4.78 is 0. The van der Waals surface area contributed by atoms with Gasteiger partial charge in [0.2, 0.25) is 11.8 Å². The topological polar surface area (TPSA) is 90.5 Å². The molecular formula is C47H52N4O3P2S. The molecule has 10 heteroatoms. The first kappa shape index (κ1) is 40.7. The van der Waals surface area contributed by atoms with Gasteiger partial charge in [-0.2, -0.15) is 11.8 Å². The lowest BCUT2D eigenvalue weighted by molar-refractivity contribution is -0.136. The molecule has 57 heavy (non-hydrogen) atoms. The number of fused-ring (bicyclic) bond motifs is 1. The van der Waals surface area contributed by atoms with Gasteiger partial charge in [-0.05, 0) is 67.8 Å². The third-order valence-corrected chi connectivity index (χ3v) is 17.3. The lowest BCUT2D eigenvalue weighted by atomic mass is 10.0. The molecule has 2 fully saturated rings. The van der Waals surface area contributed by atoms with E-state index in [0.717, 1.165) is 42.9 Å². The second kappa shape index (κ2) is 20.8. The summed E-state index contributed by atoms with van der Waals surface area (Å²) in [5, 5.41) is 14.8. The van der Waals surface area contributed by atoms with E-state index < -0.39 is 21.9 Å². The number of hydrogen-bond donors (Lipinski definition) is 3. The summed E-state index contributed by atoms with van der Waals surface area (Å²) in [5.74, 6) is 0.798. The van der Waals surface area contributed by atoms with Gasteiger partial charge in [-0.25, -0.2) is 4.79 Å². The van der Waals surface area contributed by atoms with Crippen molar-refractivity contribution in [3.8, 4) is 0 Å². The van der Waals surface area contributed by atoms with Gasteiger partial charge in [0.15, 0.2) is 0 Å². The molecule has 0 spiro atoms. The van der Waals surface area contributed by atoms with Gasteiger partial charge in [-0.3, -0.25) is 9.59 Å². The van der Waals surface area contributed by atoms with Crippen molar-refractivity contribution in [2.24, 2.45) is 0 Å². The van der Waals surface area contributed by atoms with Crippen LogP contribution in [0.3, 0.4) is 0 Å². The van der Waals surface area contributed by atoms with Crippen LogP contribution in [0.5, 0.6) is 0 Å². The Labute approximate surface area is 344 Å². The molecule has 294 valence electrons. The first-order valence-corrected chi connectivity index (χ1v) is 24.2. The molecule has 0 aliphatic carbocycles. The van der Waals surface area contributed by atoms with Crippen molar-refractivity contribution in [2.75, 3.05) is 31.2 Å². The number of nitrogens with zero attached hydrogens (tertiary/aromatic N) is 1. The van der Waals surface area contributed by atoms with Gasteiger partial charge < -0.3 is 20.9 Å². The van der Waals surface area contributed by atoms with Crippen molar-refractivity contribution < 1.29 is 14.4 Å². The Hall–Kier alpha value is -4.48. The number of urea groups is 1. The van der Waals surface area contributed by atoms with E-state index in [9.17, 15) is 9.59 Å². The zero-order valence-corrected chi connectivity index (χ0v) is 34.9. The van der Waals surface area contributed by atoms with E-state index in [4.69, 9.17) is 0 Å². The van der Waals surface area contributed by atoms with Crippen molar-refractivity contribution in [2.45, 2.75) is 55.5 Å². The van der Waals surface area contributed by atoms with Crippen LogP contribution in [0.2, 0.25) is 0 Å². The fraction of sp³-hybridized carbons (Fsp3) is 0.298. The quantitative estimate of drug-likeness (QED) is 0.0503. The van der Waals surface area contributed by atoms with Crippen molar-refractivity contribution in [3.05, 3.63) is 157 Å². The molecule has 5 aromatic carbocycles. The molecule has 7 nitrogen and oxygen atoms in total. The summed E-state index contributed by atoms with van der Waals surface area (Å²) in [7, 11) is -1.46. The third-order valence-electron chi connectivity index (χ3n) is 10.8. The summed E-state index contributed by atoms with van der Waals surface area (Å²) in [6.45, 7) is 1.16. The molecular weight excluding hydrogens is 763 g/mol. The largest absolute Gasteiger partial charge is 0.344 e.